The van der Waals surface area contributed by atoms with E-state index in [1.807, 2.05) is 33.9 Å². The summed E-state index contributed by atoms with van der Waals surface area (Å²) < 4.78 is 62.2. The van der Waals surface area contributed by atoms with E-state index < -0.39 is 97.3 Å². The minimum absolute atomic E-state index is 0.0129. The Balaban J connectivity index is 1.12. The molecule has 8 N–H and O–H groups in total. The molecule has 0 bridgehead atoms. The Kier molecular flexibility index (Phi) is 11.0. The highest BCUT2D eigenvalue weighted by atomic mass is 31.2. The van der Waals surface area contributed by atoms with Gasteiger partial charge in [0, 0.05) is 11.5 Å². The first kappa shape index (κ1) is 42.4. The van der Waals surface area contributed by atoms with Gasteiger partial charge in [0.15, 0.2) is 42.7 Å². The Bertz CT molecular complexity index is 2590. The van der Waals surface area contributed by atoms with Crippen LogP contribution in [0.15, 0.2) is 54.1 Å². The van der Waals surface area contributed by atoms with Gasteiger partial charge in [0.05, 0.1) is 38.0 Å². The average molecular weight is 889 g/mol. The monoisotopic (exact) mass is 888 g/mol. The van der Waals surface area contributed by atoms with E-state index in [0.29, 0.717) is 5.56 Å². The van der Waals surface area contributed by atoms with Gasteiger partial charge >= 0.3 is 15.5 Å². The topological polar surface area (TPSA) is 307 Å². The molecule has 322 valence electrons. The molecule has 3 saturated heterocycles. The number of aromatic amines is 1. The average Bonchev–Trinajstić information content (AvgIpc) is 3.94. The number of anilines is 2. The number of ether oxygens (including phenoxy) is 2. The molecule has 0 saturated carbocycles. The number of nitrogens with two attached hydrogens (primary N) is 1. The van der Waals surface area contributed by atoms with Gasteiger partial charge in [-0.3, -0.25) is 32.8 Å². The molecular weight excluding hydrogens is 842 g/mol. The lowest BCUT2D eigenvalue weighted by molar-refractivity contribution is -0.0450. The van der Waals surface area contributed by atoms with Crippen LogP contribution in [0.1, 0.15) is 50.5 Å². The number of nitrogens with one attached hydrogen (secondary N) is 4. The Morgan fingerprint density at radius 1 is 0.917 bits per heavy atom. The van der Waals surface area contributed by atoms with Gasteiger partial charge in [-0.1, -0.05) is 45.9 Å². The van der Waals surface area contributed by atoms with Crippen LogP contribution in [0, 0.1) is 5.92 Å². The Morgan fingerprint density at radius 2 is 1.52 bits per heavy atom. The minimum Gasteiger partial charge on any atom is -0.408 e. The van der Waals surface area contributed by atoms with Crippen molar-refractivity contribution in [3.63, 3.8) is 0 Å². The number of carbonyl (C=O) groups is 1. The van der Waals surface area contributed by atoms with Crippen molar-refractivity contribution < 1.29 is 46.7 Å². The number of hydrogen-bond acceptors (Lipinski definition) is 15. The Labute approximate surface area is 343 Å². The molecule has 0 spiro atoms. The maximum absolute atomic E-state index is 14.1. The number of amides is 1. The summed E-state index contributed by atoms with van der Waals surface area (Å²) in [7, 11) is -12.2. The number of imidazole rings is 2. The molecule has 7 heterocycles. The van der Waals surface area contributed by atoms with Crippen molar-refractivity contribution in [2.24, 2.45) is 5.92 Å². The number of hydrogen-bond donors (Lipinski definition) is 7. The maximum atomic E-state index is 14.1. The van der Waals surface area contributed by atoms with Crippen LogP contribution in [-0.4, -0.2) is 107 Å². The van der Waals surface area contributed by atoms with Crippen molar-refractivity contribution in [1.29, 1.82) is 0 Å². The van der Waals surface area contributed by atoms with Crippen molar-refractivity contribution in [3.8, 4) is 0 Å². The van der Waals surface area contributed by atoms with Crippen LogP contribution in [0.2, 0.25) is 18.1 Å². The number of H-pyrrole nitrogens is 1. The molecule has 3 aliphatic heterocycles. The molecule has 60 heavy (non-hydrogen) atoms. The molecule has 4 aromatic heterocycles. The molecular formula is C34H46N12O11P2Si. The molecule has 0 aliphatic carbocycles. The fourth-order valence-corrected chi connectivity index (χ4v) is 10.9. The zero-order valence-corrected chi connectivity index (χ0v) is 36.1. The molecule has 3 aliphatic rings. The molecule has 23 nitrogen and oxygen atoms in total. The van der Waals surface area contributed by atoms with E-state index in [1.54, 1.807) is 41.8 Å². The van der Waals surface area contributed by atoms with Crippen molar-refractivity contribution in [1.82, 2.24) is 49.2 Å². The maximum Gasteiger partial charge on any atom is 0.403 e. The summed E-state index contributed by atoms with van der Waals surface area (Å²) in [6.45, 7) is 10.7. The van der Waals surface area contributed by atoms with Gasteiger partial charge in [-0.05, 0) is 30.3 Å². The first-order chi connectivity index (χ1) is 28.2. The van der Waals surface area contributed by atoms with Gasteiger partial charge in [-0.2, -0.15) is 4.98 Å². The number of benzene rings is 1. The molecule has 26 heteroatoms. The fourth-order valence-electron chi connectivity index (χ4n) is 7.30. The fraction of sp³-hybridized carbons (Fsp3) is 0.500. The van der Waals surface area contributed by atoms with E-state index >= 15 is 0 Å². The second-order valence-corrected chi connectivity index (χ2v) is 24.3. The number of nitrogen functional groups attached to an aromatic ring is 1. The summed E-state index contributed by atoms with van der Waals surface area (Å²) in [4.78, 5) is 72.3. The zero-order valence-electron chi connectivity index (χ0n) is 33.3. The Hall–Kier alpha value is -4.29. The molecule has 3 fully saturated rings. The van der Waals surface area contributed by atoms with Crippen LogP contribution >= 0.6 is 15.5 Å². The predicted octanol–water partition coefficient (Wildman–Crippen LogP) is 2.78. The van der Waals surface area contributed by atoms with E-state index in [0.717, 1.165) is 0 Å². The van der Waals surface area contributed by atoms with Crippen molar-refractivity contribution in [2.75, 3.05) is 24.3 Å². The van der Waals surface area contributed by atoms with Crippen molar-refractivity contribution in [3.05, 3.63) is 65.2 Å². The first-order valence-electron chi connectivity index (χ1n) is 19.0. The summed E-state index contributed by atoms with van der Waals surface area (Å²) in [6, 6.07) is 6.37. The predicted molar refractivity (Wildman–Crippen MR) is 217 cm³/mol. The van der Waals surface area contributed by atoms with Crippen molar-refractivity contribution in [2.45, 2.75) is 88.7 Å². The summed E-state index contributed by atoms with van der Waals surface area (Å²) in [5, 5.41) is 7.80. The van der Waals surface area contributed by atoms with Gasteiger partial charge in [-0.25, -0.2) is 39.2 Å². The van der Waals surface area contributed by atoms with Crippen LogP contribution in [0.5, 0.6) is 0 Å². The number of carbonyl (C=O) groups excluding carboxylic acids is 1. The van der Waals surface area contributed by atoms with E-state index in [1.165, 1.54) is 23.5 Å². The second-order valence-electron chi connectivity index (χ2n) is 16.4. The zero-order chi connectivity index (χ0) is 42.9. The molecule has 8 rings (SSSR count). The van der Waals surface area contributed by atoms with Crippen LogP contribution in [0.25, 0.3) is 22.3 Å². The summed E-state index contributed by atoms with van der Waals surface area (Å²) in [5.74, 6) is -1.11. The van der Waals surface area contributed by atoms with Crippen LogP contribution in [-0.2, 0) is 32.1 Å². The molecule has 1 aromatic carbocycles. The number of fused-ring (bicyclic) bond motifs is 4. The molecule has 0 radical (unpaired) electrons. The highest BCUT2D eigenvalue weighted by molar-refractivity contribution is 7.50. The van der Waals surface area contributed by atoms with Crippen molar-refractivity contribution >= 4 is 63.8 Å². The van der Waals surface area contributed by atoms with Crippen LogP contribution < -0.4 is 26.8 Å². The highest BCUT2D eigenvalue weighted by Gasteiger charge is 2.55. The summed E-state index contributed by atoms with van der Waals surface area (Å²) in [6.07, 6.45) is -1.43. The number of rotatable bonds is 6. The molecule has 2 unspecified atom stereocenters. The summed E-state index contributed by atoms with van der Waals surface area (Å²) in [5.41, 5.74) is 6.17. The highest BCUT2D eigenvalue weighted by Crippen LogP contribution is 2.50. The standard InChI is InChI=1S/C34H46N12O11P2Si/c1-17-21-19(55-31(17)46-16-39-24-28(46)41-33(35)42-30(24)48)12-53-59(51,52)44-22-20(13-54-58(49,50)43-21)56-32(25(22)57-60(5,6)34(2,3)4)45-15-38-23-26(36-14-37-27(23)45)40-29(47)18-10-8-7-9-11-18/h7-11,14-17,19-22,25,31-32H,12-13H2,1-6H3,(H2,43,49,50)(H2,44,51,52)(H3,35,41,42,48)(H,36,37,40,47)/t17-,19-,20-,21+,22-,25-,31-,32-/m1/s1. The van der Waals surface area contributed by atoms with Gasteiger partial charge in [0.2, 0.25) is 5.95 Å². The third kappa shape index (κ3) is 8.10. The van der Waals surface area contributed by atoms with E-state index in [2.05, 4.69) is 45.4 Å². The Morgan fingerprint density at radius 3 is 2.18 bits per heavy atom. The van der Waals surface area contributed by atoms with Gasteiger partial charge in [-0.15, -0.1) is 0 Å². The lowest BCUT2D eigenvalue weighted by Gasteiger charge is -2.41. The third-order valence-corrected chi connectivity index (χ3v) is 18.1. The van der Waals surface area contributed by atoms with Crippen LogP contribution in [0.4, 0.5) is 11.8 Å². The van der Waals surface area contributed by atoms with Crippen LogP contribution in [0.3, 0.4) is 0 Å². The van der Waals surface area contributed by atoms with E-state index in [9.17, 15) is 28.5 Å². The first-order valence-corrected chi connectivity index (χ1v) is 25.0. The largest absolute Gasteiger partial charge is 0.408 e. The minimum atomic E-state index is -4.77. The third-order valence-electron chi connectivity index (χ3n) is 11.4. The smallest absolute Gasteiger partial charge is 0.403 e. The quantitative estimate of drug-likeness (QED) is 0.0952. The van der Waals surface area contributed by atoms with E-state index in [-0.39, 0.29) is 39.1 Å². The lowest BCUT2D eigenvalue weighted by atomic mass is 10.00. The number of aromatic nitrogens is 8. The number of nitrogens with zero attached hydrogens (tertiary/aromatic N) is 7. The van der Waals surface area contributed by atoms with Gasteiger partial charge in [0.1, 0.15) is 30.9 Å². The van der Waals surface area contributed by atoms with E-state index in [4.69, 9.17) is 28.7 Å². The molecule has 1 amide bonds. The molecule has 5 aromatic rings. The van der Waals surface area contributed by atoms with Gasteiger partial charge < -0.3 is 34.7 Å². The molecule has 10 atom stereocenters. The van der Waals surface area contributed by atoms with Gasteiger partial charge in [0.25, 0.3) is 11.5 Å². The summed E-state index contributed by atoms with van der Waals surface area (Å²) >= 11 is 0. The second kappa shape index (κ2) is 15.6. The lowest BCUT2D eigenvalue weighted by Crippen LogP contribution is -2.53. The normalized spacial score (nSPS) is 31.7. The SMILES string of the molecule is C[C@@H]1[C@@H]2NP(=O)(O)OC[C@H]3O[C@@H](n4cnc5c(NC(=O)c6ccccc6)ncnc54)[C@H](O[Si](C)(C)C(C)(C)C)[C@@H]3NP(=O)(O)OC[C@H]2O[C@H]1n1cnc2c(=O)[nH]c(N)nc21.